The van der Waals surface area contributed by atoms with Crippen LogP contribution in [0.3, 0.4) is 0 Å². The topological polar surface area (TPSA) is 43.1 Å². The summed E-state index contributed by atoms with van der Waals surface area (Å²) in [6.07, 6.45) is 7.79. The molecule has 0 amide bonds. The molecule has 0 aromatic carbocycles. The van der Waals surface area contributed by atoms with Crippen LogP contribution >= 0.6 is 0 Å². The molecule has 0 N–H and O–H groups in total. The molecule has 0 saturated heterocycles. The molecule has 1 aliphatic heterocycles. The van der Waals surface area contributed by atoms with E-state index in [2.05, 4.69) is 15.2 Å². The summed E-state index contributed by atoms with van der Waals surface area (Å²) in [5.74, 6) is 0.928. The zero-order valence-electron chi connectivity index (χ0n) is 5.31. The molecule has 0 aliphatic carbocycles. The van der Waals surface area contributed by atoms with Gasteiger partial charge in [-0.15, -0.1) is 10.2 Å². The van der Waals surface area contributed by atoms with E-state index in [4.69, 9.17) is 0 Å². The van der Waals surface area contributed by atoms with Crippen molar-refractivity contribution in [1.29, 1.82) is 0 Å². The largest absolute Gasteiger partial charge is 0.291 e. The van der Waals surface area contributed by atoms with E-state index in [-0.39, 0.29) is 0 Å². The maximum absolute atomic E-state index is 3.96. The first-order valence-corrected chi connectivity index (χ1v) is 3.03. The molecule has 0 atom stereocenters. The smallest absolute Gasteiger partial charge is 0.142 e. The highest BCUT2D eigenvalue weighted by Gasteiger charge is 1.99. The van der Waals surface area contributed by atoms with Gasteiger partial charge in [0.1, 0.15) is 12.2 Å². The Bertz CT molecular complexity index is 284. The minimum atomic E-state index is 0.757. The number of hydrogen-bond acceptors (Lipinski definition) is 3. The summed E-state index contributed by atoms with van der Waals surface area (Å²) >= 11 is 0. The lowest BCUT2D eigenvalue weighted by atomic mass is 10.4. The van der Waals surface area contributed by atoms with Crippen LogP contribution in [0.4, 0.5) is 0 Å². The van der Waals surface area contributed by atoms with Crippen LogP contribution in [0, 0.1) is 0 Å². The van der Waals surface area contributed by atoms with Crippen molar-refractivity contribution < 1.29 is 0 Å². The lowest BCUT2D eigenvalue weighted by molar-refractivity contribution is 0.981. The van der Waals surface area contributed by atoms with Crippen LogP contribution < -0.4 is 0 Å². The number of fused-ring (bicyclic) bond motifs is 1. The molecule has 1 aliphatic rings. The third-order valence-corrected chi connectivity index (χ3v) is 1.34. The first-order valence-electron chi connectivity index (χ1n) is 3.03. The van der Waals surface area contributed by atoms with Crippen molar-refractivity contribution in [2.24, 2.45) is 4.99 Å². The summed E-state index contributed by atoms with van der Waals surface area (Å²) in [4.78, 5) is 3.96. The van der Waals surface area contributed by atoms with Gasteiger partial charge in [0, 0.05) is 25.0 Å². The zero-order chi connectivity index (χ0) is 6.81. The highest BCUT2D eigenvalue weighted by molar-refractivity contribution is 5.62. The van der Waals surface area contributed by atoms with Crippen molar-refractivity contribution in [1.82, 2.24) is 14.8 Å². The monoisotopic (exact) mass is 134 g/mol. The minimum absolute atomic E-state index is 0.757. The summed E-state index contributed by atoms with van der Waals surface area (Å²) in [6.45, 7) is 0. The Morgan fingerprint density at radius 1 is 1.50 bits per heavy atom. The maximum Gasteiger partial charge on any atom is 0.142 e. The molecule has 50 valence electrons. The molecule has 0 bridgehead atoms. The second-order valence-electron chi connectivity index (χ2n) is 1.99. The molecule has 1 aromatic rings. The normalized spacial score (nSPS) is 14.8. The van der Waals surface area contributed by atoms with Crippen LogP contribution in [0.2, 0.25) is 0 Å². The molecule has 0 radical (unpaired) electrons. The van der Waals surface area contributed by atoms with E-state index in [0.717, 1.165) is 12.2 Å². The van der Waals surface area contributed by atoms with Crippen molar-refractivity contribution in [3.63, 3.8) is 0 Å². The summed E-state index contributed by atoms with van der Waals surface area (Å²) in [6, 6.07) is 0. The summed E-state index contributed by atoms with van der Waals surface area (Å²) in [5, 5.41) is 7.63. The maximum atomic E-state index is 3.96. The molecular weight excluding hydrogens is 128 g/mol. The second kappa shape index (κ2) is 2.06. The number of nitrogens with zero attached hydrogens (tertiary/aromatic N) is 4. The first-order chi connectivity index (χ1) is 4.97. The van der Waals surface area contributed by atoms with E-state index < -0.39 is 0 Å². The fourth-order valence-electron chi connectivity index (χ4n) is 0.843. The summed E-state index contributed by atoms with van der Waals surface area (Å²) < 4.78 is 1.85. The van der Waals surface area contributed by atoms with Crippen LogP contribution in [0.25, 0.3) is 6.20 Å². The van der Waals surface area contributed by atoms with Gasteiger partial charge < -0.3 is 0 Å². The first kappa shape index (κ1) is 5.34. The van der Waals surface area contributed by atoms with E-state index in [9.17, 15) is 0 Å². The molecule has 0 unspecified atom stereocenters. The Hall–Kier alpha value is -1.45. The number of aromatic nitrogens is 3. The fourth-order valence-corrected chi connectivity index (χ4v) is 0.843. The fraction of sp³-hybridized carbons (Fsp3) is 0.167. The third kappa shape index (κ3) is 0.737. The van der Waals surface area contributed by atoms with E-state index in [1.54, 1.807) is 12.5 Å². The van der Waals surface area contributed by atoms with Crippen molar-refractivity contribution >= 4 is 12.4 Å². The second-order valence-corrected chi connectivity index (χ2v) is 1.99. The molecule has 2 rings (SSSR count). The van der Waals surface area contributed by atoms with E-state index in [1.807, 2.05) is 17.0 Å². The SMILES string of the molecule is C1=Cn2cnnc2CC=N1. The van der Waals surface area contributed by atoms with Gasteiger partial charge in [-0.3, -0.25) is 9.56 Å². The molecule has 1 aromatic heterocycles. The van der Waals surface area contributed by atoms with Gasteiger partial charge in [-0.25, -0.2) is 0 Å². The zero-order valence-corrected chi connectivity index (χ0v) is 5.31. The van der Waals surface area contributed by atoms with Gasteiger partial charge >= 0.3 is 0 Å². The molecule has 10 heavy (non-hydrogen) atoms. The Morgan fingerprint density at radius 2 is 2.50 bits per heavy atom. The average molecular weight is 134 g/mol. The predicted octanol–water partition coefficient (Wildman–Crippen LogP) is 0.333. The van der Waals surface area contributed by atoms with Gasteiger partial charge in [-0.2, -0.15) is 0 Å². The van der Waals surface area contributed by atoms with Crippen LogP contribution in [0.5, 0.6) is 0 Å². The molecule has 2 heterocycles. The molecule has 4 nitrogen and oxygen atoms in total. The van der Waals surface area contributed by atoms with Crippen LogP contribution in [-0.4, -0.2) is 21.0 Å². The lowest BCUT2D eigenvalue weighted by Gasteiger charge is -1.90. The van der Waals surface area contributed by atoms with E-state index in [0.29, 0.717) is 0 Å². The number of hydrogen-bond donors (Lipinski definition) is 0. The Labute approximate surface area is 57.9 Å². The minimum Gasteiger partial charge on any atom is -0.291 e. The van der Waals surface area contributed by atoms with Crippen LogP contribution in [0.1, 0.15) is 5.82 Å². The van der Waals surface area contributed by atoms with Crippen LogP contribution in [0.15, 0.2) is 17.5 Å². The molecule has 4 heteroatoms. The summed E-state index contributed by atoms with van der Waals surface area (Å²) in [7, 11) is 0. The van der Waals surface area contributed by atoms with Gasteiger partial charge in [-0.1, -0.05) is 0 Å². The molecule has 0 fully saturated rings. The predicted molar refractivity (Wildman–Crippen MR) is 37.5 cm³/mol. The lowest BCUT2D eigenvalue weighted by Crippen LogP contribution is -1.94. The highest BCUT2D eigenvalue weighted by Crippen LogP contribution is 1.98. The third-order valence-electron chi connectivity index (χ3n) is 1.34. The van der Waals surface area contributed by atoms with Gasteiger partial charge in [0.15, 0.2) is 0 Å². The Kier molecular flexibility index (Phi) is 1.10. The van der Waals surface area contributed by atoms with Crippen molar-refractivity contribution in [3.8, 4) is 0 Å². The molecule has 0 saturated carbocycles. The van der Waals surface area contributed by atoms with Gasteiger partial charge in [0.25, 0.3) is 0 Å². The van der Waals surface area contributed by atoms with Gasteiger partial charge in [-0.05, 0) is 0 Å². The van der Waals surface area contributed by atoms with Crippen molar-refractivity contribution in [2.75, 3.05) is 0 Å². The molecule has 0 spiro atoms. The average Bonchev–Trinajstić information content (AvgIpc) is 2.28. The highest BCUT2D eigenvalue weighted by atomic mass is 15.3. The van der Waals surface area contributed by atoms with E-state index >= 15 is 0 Å². The van der Waals surface area contributed by atoms with Gasteiger partial charge in [0.05, 0.1) is 0 Å². The summed E-state index contributed by atoms with van der Waals surface area (Å²) in [5.41, 5.74) is 0. The van der Waals surface area contributed by atoms with Crippen LogP contribution in [-0.2, 0) is 6.42 Å². The quantitative estimate of drug-likeness (QED) is 0.513. The van der Waals surface area contributed by atoms with Crippen molar-refractivity contribution in [2.45, 2.75) is 6.42 Å². The molecular formula is C6H6N4. The van der Waals surface area contributed by atoms with Gasteiger partial charge in [0.2, 0.25) is 0 Å². The van der Waals surface area contributed by atoms with Crippen molar-refractivity contribution in [3.05, 3.63) is 18.4 Å². The Morgan fingerprint density at radius 3 is 3.50 bits per heavy atom. The Balaban J connectivity index is 2.50. The standard InChI is InChI=1S/C6H6N4/c1-2-7-3-4-10-5-8-9-6(1)10/h2-5H,1H2. The number of rotatable bonds is 0. The number of aliphatic imine (C=N–C) groups is 1. The van der Waals surface area contributed by atoms with E-state index in [1.165, 1.54) is 0 Å².